The summed E-state index contributed by atoms with van der Waals surface area (Å²) in [6.45, 7) is 1.68. The van der Waals surface area contributed by atoms with Crippen LogP contribution in [0.25, 0.3) is 0 Å². The molecule has 1 amide bonds. The second-order valence-corrected chi connectivity index (χ2v) is 9.62. The highest BCUT2D eigenvalue weighted by Crippen LogP contribution is 2.33. The molecule has 2 N–H and O–H groups in total. The second kappa shape index (κ2) is 11.6. The molecule has 0 aliphatic heterocycles. The lowest BCUT2D eigenvalue weighted by Crippen LogP contribution is -2.29. The van der Waals surface area contributed by atoms with Gasteiger partial charge in [-0.3, -0.25) is 14.2 Å². The number of halogens is 3. The maximum atomic E-state index is 14.7. The van der Waals surface area contributed by atoms with Gasteiger partial charge in [0.1, 0.15) is 40.3 Å². The molecule has 4 aromatic rings. The molecule has 10 heteroatoms. The number of pyridine rings is 1. The Morgan fingerprint density at radius 2 is 1.74 bits per heavy atom. The zero-order valence-electron chi connectivity index (χ0n) is 20.8. The molecule has 1 aromatic heterocycles. The summed E-state index contributed by atoms with van der Waals surface area (Å²) >= 11 is 1.98. The van der Waals surface area contributed by atoms with Gasteiger partial charge in [-0.05, 0) is 77.5 Å². The monoisotopic (exact) mass is 631 g/mol. The van der Waals surface area contributed by atoms with Gasteiger partial charge in [-0.1, -0.05) is 18.2 Å². The second-order valence-electron chi connectivity index (χ2n) is 8.37. The molecule has 196 valence electrons. The van der Waals surface area contributed by atoms with Gasteiger partial charge in [0.05, 0.1) is 12.8 Å². The van der Waals surface area contributed by atoms with E-state index in [-0.39, 0.29) is 40.7 Å². The molecule has 0 saturated carbocycles. The Kier molecular flexibility index (Phi) is 8.30. The minimum Gasteiger partial charge on any atom is -0.497 e. The van der Waals surface area contributed by atoms with Crippen molar-refractivity contribution in [3.8, 4) is 17.2 Å². The summed E-state index contributed by atoms with van der Waals surface area (Å²) in [5.41, 5.74) is 0.488. The standard InChI is InChI=1S/C28H24F2IN3O4/c1-16-20(29)5-4-6-23(16)38-24-14-25(35)34(2)27(33-22-12-9-18(31)13-21(22)30)26(24)28(36)32-15-17-7-10-19(37-3)11-8-17/h4-14,33H,15H2,1-3H3,(H,32,36). The Balaban J connectivity index is 1.79. The smallest absolute Gasteiger partial charge is 0.259 e. The van der Waals surface area contributed by atoms with Crippen molar-refractivity contribution in [2.45, 2.75) is 13.5 Å². The van der Waals surface area contributed by atoms with Crippen LogP contribution >= 0.6 is 22.6 Å². The first-order valence-electron chi connectivity index (χ1n) is 11.5. The van der Waals surface area contributed by atoms with Crippen molar-refractivity contribution < 1.29 is 23.0 Å². The third kappa shape index (κ3) is 5.96. The molecule has 7 nitrogen and oxygen atoms in total. The van der Waals surface area contributed by atoms with Gasteiger partial charge in [-0.25, -0.2) is 8.78 Å². The number of methoxy groups -OCH3 is 1. The highest BCUT2D eigenvalue weighted by Gasteiger charge is 2.24. The number of hydrogen-bond donors (Lipinski definition) is 2. The van der Waals surface area contributed by atoms with Crippen molar-refractivity contribution in [2.75, 3.05) is 12.4 Å². The van der Waals surface area contributed by atoms with E-state index in [1.165, 1.54) is 48.9 Å². The molecule has 0 saturated heterocycles. The van der Waals surface area contributed by atoms with Crippen molar-refractivity contribution in [1.82, 2.24) is 9.88 Å². The molecule has 0 unspecified atom stereocenters. The Labute approximate surface area is 231 Å². The lowest BCUT2D eigenvalue weighted by molar-refractivity contribution is 0.0948. The predicted octanol–water partition coefficient (Wildman–Crippen LogP) is 6.05. The van der Waals surface area contributed by atoms with Crippen LogP contribution in [-0.4, -0.2) is 17.6 Å². The fraction of sp³-hybridized carbons (Fsp3) is 0.143. The number of amides is 1. The summed E-state index contributed by atoms with van der Waals surface area (Å²) in [4.78, 5) is 26.5. The van der Waals surface area contributed by atoms with E-state index in [9.17, 15) is 18.4 Å². The van der Waals surface area contributed by atoms with Gasteiger partial charge in [0.15, 0.2) is 0 Å². The van der Waals surface area contributed by atoms with Crippen LogP contribution in [-0.2, 0) is 13.6 Å². The lowest BCUT2D eigenvalue weighted by Gasteiger charge is -2.20. The molecule has 38 heavy (non-hydrogen) atoms. The Bertz CT molecular complexity index is 1560. The summed E-state index contributed by atoms with van der Waals surface area (Å²) in [7, 11) is 3.01. The zero-order chi connectivity index (χ0) is 27.4. The van der Waals surface area contributed by atoms with E-state index in [0.29, 0.717) is 9.32 Å². The van der Waals surface area contributed by atoms with Gasteiger partial charge in [-0.2, -0.15) is 0 Å². The highest BCUT2D eigenvalue weighted by molar-refractivity contribution is 14.1. The maximum absolute atomic E-state index is 14.7. The summed E-state index contributed by atoms with van der Waals surface area (Å²) in [6.07, 6.45) is 0. The first-order chi connectivity index (χ1) is 18.2. The molecule has 0 spiro atoms. The predicted molar refractivity (Wildman–Crippen MR) is 149 cm³/mol. The normalized spacial score (nSPS) is 10.7. The van der Waals surface area contributed by atoms with Crippen LogP contribution in [0, 0.1) is 22.1 Å². The molecule has 0 atom stereocenters. The quantitative estimate of drug-likeness (QED) is 0.232. The topological polar surface area (TPSA) is 81.6 Å². The molecular formula is C28H24F2IN3O4. The fourth-order valence-electron chi connectivity index (χ4n) is 3.67. The van der Waals surface area contributed by atoms with E-state index >= 15 is 0 Å². The number of ether oxygens (including phenoxy) is 2. The molecular weight excluding hydrogens is 607 g/mol. The molecule has 0 bridgehead atoms. The molecule has 3 aromatic carbocycles. The van der Waals surface area contributed by atoms with E-state index in [1.54, 1.807) is 37.4 Å². The molecule has 0 fully saturated rings. The van der Waals surface area contributed by atoms with Crippen molar-refractivity contribution in [3.05, 3.63) is 109 Å². The first kappa shape index (κ1) is 27.1. The molecule has 0 aliphatic rings. The Morgan fingerprint density at radius 1 is 1.00 bits per heavy atom. The fourth-order valence-corrected chi connectivity index (χ4v) is 4.12. The van der Waals surface area contributed by atoms with Crippen LogP contribution in [0.3, 0.4) is 0 Å². The summed E-state index contributed by atoms with van der Waals surface area (Å²) in [6, 6.07) is 17.0. The molecule has 0 radical (unpaired) electrons. The van der Waals surface area contributed by atoms with E-state index < -0.39 is 23.1 Å². The van der Waals surface area contributed by atoms with Crippen LogP contribution < -0.4 is 25.7 Å². The number of hydrogen-bond acceptors (Lipinski definition) is 5. The number of nitrogens with one attached hydrogen (secondary N) is 2. The molecule has 1 heterocycles. The Hall–Kier alpha value is -3.93. The average molecular weight is 631 g/mol. The van der Waals surface area contributed by atoms with Gasteiger partial charge >= 0.3 is 0 Å². The van der Waals surface area contributed by atoms with Crippen molar-refractivity contribution in [1.29, 1.82) is 0 Å². The maximum Gasteiger partial charge on any atom is 0.259 e. The van der Waals surface area contributed by atoms with Gasteiger partial charge in [-0.15, -0.1) is 0 Å². The van der Waals surface area contributed by atoms with Crippen LogP contribution in [0.1, 0.15) is 21.5 Å². The third-order valence-corrected chi connectivity index (χ3v) is 6.54. The minimum absolute atomic E-state index is 0.00824. The SMILES string of the molecule is COc1ccc(CNC(=O)c2c(Oc3cccc(F)c3C)cc(=O)n(C)c2Nc2ccc(I)cc2F)cc1. The number of nitrogens with zero attached hydrogens (tertiary/aromatic N) is 1. The van der Waals surface area contributed by atoms with Gasteiger partial charge in [0.25, 0.3) is 11.5 Å². The largest absolute Gasteiger partial charge is 0.497 e. The van der Waals surface area contributed by atoms with E-state index in [2.05, 4.69) is 10.6 Å². The number of aromatic nitrogens is 1. The minimum atomic E-state index is -0.589. The van der Waals surface area contributed by atoms with Gasteiger partial charge < -0.3 is 20.1 Å². The number of carbonyl (C=O) groups is 1. The van der Waals surface area contributed by atoms with Gasteiger partial charge in [0.2, 0.25) is 0 Å². The van der Waals surface area contributed by atoms with E-state index in [0.717, 1.165) is 11.6 Å². The number of anilines is 2. The molecule has 0 aliphatic carbocycles. The number of benzene rings is 3. The average Bonchev–Trinajstić information content (AvgIpc) is 2.90. The van der Waals surface area contributed by atoms with Crippen LogP contribution in [0.4, 0.5) is 20.3 Å². The van der Waals surface area contributed by atoms with Crippen LogP contribution in [0.5, 0.6) is 17.2 Å². The zero-order valence-corrected chi connectivity index (χ0v) is 22.9. The Morgan fingerprint density at radius 3 is 2.42 bits per heavy atom. The summed E-state index contributed by atoms with van der Waals surface area (Å²) < 4.78 is 41.9. The van der Waals surface area contributed by atoms with Crippen LogP contribution in [0.15, 0.2) is 71.5 Å². The summed E-state index contributed by atoms with van der Waals surface area (Å²) in [5.74, 6) is -0.957. The van der Waals surface area contributed by atoms with Crippen LogP contribution in [0.2, 0.25) is 0 Å². The number of carbonyl (C=O) groups excluding carboxylic acids is 1. The van der Waals surface area contributed by atoms with E-state index in [4.69, 9.17) is 9.47 Å². The van der Waals surface area contributed by atoms with Crippen molar-refractivity contribution >= 4 is 40.0 Å². The highest BCUT2D eigenvalue weighted by atomic mass is 127. The summed E-state index contributed by atoms with van der Waals surface area (Å²) in [5, 5.41) is 5.69. The van der Waals surface area contributed by atoms with E-state index in [1.807, 2.05) is 22.6 Å². The van der Waals surface area contributed by atoms with Gasteiger partial charge in [0, 0.05) is 28.8 Å². The number of rotatable bonds is 8. The van der Waals surface area contributed by atoms with Crippen molar-refractivity contribution in [2.24, 2.45) is 7.05 Å². The molecule has 4 rings (SSSR count). The van der Waals surface area contributed by atoms with Crippen molar-refractivity contribution in [3.63, 3.8) is 0 Å². The third-order valence-electron chi connectivity index (χ3n) is 5.87. The lowest BCUT2D eigenvalue weighted by atomic mass is 10.1. The first-order valence-corrected chi connectivity index (χ1v) is 12.6.